The summed E-state index contributed by atoms with van der Waals surface area (Å²) in [6, 6.07) is 6.57. The summed E-state index contributed by atoms with van der Waals surface area (Å²) in [6.45, 7) is 4.54. The van der Waals surface area contributed by atoms with Crippen molar-refractivity contribution in [1.29, 1.82) is 0 Å². The van der Waals surface area contributed by atoms with Crippen molar-refractivity contribution in [2.75, 3.05) is 0 Å². The van der Waals surface area contributed by atoms with Crippen molar-refractivity contribution in [2.24, 2.45) is 23.2 Å². The molecule has 2 N–H and O–H groups in total. The fraction of sp³-hybridized carbons (Fsp3) is 0.591. The molecule has 2 bridgehead atoms. The van der Waals surface area contributed by atoms with Crippen LogP contribution in [0.3, 0.4) is 0 Å². The van der Waals surface area contributed by atoms with Crippen molar-refractivity contribution < 1.29 is 8.42 Å². The topological polar surface area (TPSA) is 101 Å². The summed E-state index contributed by atoms with van der Waals surface area (Å²) in [5.41, 5.74) is 0.166. The lowest BCUT2D eigenvalue weighted by Gasteiger charge is -2.62. The summed E-state index contributed by atoms with van der Waals surface area (Å²) in [7, 11) is -3.67. The number of unbranched alkanes of at least 4 members (excludes halogenated alkanes) is 1. The van der Waals surface area contributed by atoms with Crippen LogP contribution in [0.1, 0.15) is 51.8 Å². The minimum Gasteiger partial charge on any atom is -0.243 e. The van der Waals surface area contributed by atoms with E-state index in [2.05, 4.69) is 51.3 Å². The molecule has 5 rings (SSSR count). The fourth-order valence-electron chi connectivity index (χ4n) is 5.29. The Kier molecular flexibility index (Phi) is 6.51. The first-order valence-electron chi connectivity index (χ1n) is 10.9. The molecular formula is C22H30ClN5O2S. The molecule has 3 fully saturated rings. The summed E-state index contributed by atoms with van der Waals surface area (Å²) >= 11 is 6.19. The molecule has 0 amide bonds. The van der Waals surface area contributed by atoms with Crippen molar-refractivity contribution in [3.63, 3.8) is 0 Å². The fourth-order valence-corrected chi connectivity index (χ4v) is 7.16. The predicted octanol–water partition coefficient (Wildman–Crippen LogP) is 4.15. The first kappa shape index (κ1) is 22.4. The molecule has 31 heavy (non-hydrogen) atoms. The van der Waals surface area contributed by atoms with Gasteiger partial charge in [-0.2, -0.15) is 0 Å². The van der Waals surface area contributed by atoms with Gasteiger partial charge >= 0.3 is 0 Å². The second-order valence-corrected chi connectivity index (χ2v) is 11.5. The highest BCUT2D eigenvalue weighted by atomic mass is 35.5. The van der Waals surface area contributed by atoms with Crippen LogP contribution in [0.5, 0.6) is 0 Å². The zero-order valence-electron chi connectivity index (χ0n) is 18.0. The number of aromatic amines is 1. The van der Waals surface area contributed by atoms with E-state index in [4.69, 9.17) is 11.6 Å². The highest BCUT2D eigenvalue weighted by molar-refractivity contribution is 7.89. The average molecular weight is 464 g/mol. The van der Waals surface area contributed by atoms with E-state index >= 15 is 0 Å². The van der Waals surface area contributed by atoms with Gasteiger partial charge in [-0.1, -0.05) is 49.7 Å². The molecule has 2 aromatic rings. The molecule has 0 spiro atoms. The smallest absolute Gasteiger partial charge is 0.242 e. The van der Waals surface area contributed by atoms with Gasteiger partial charge < -0.3 is 0 Å². The maximum absolute atomic E-state index is 13.1. The number of tetrazole rings is 1. The number of hydrogen-bond donors (Lipinski definition) is 2. The van der Waals surface area contributed by atoms with Gasteiger partial charge in [-0.05, 0) is 77.8 Å². The standard InChI is InChI=1S/C22H30ClN5O2S/c1-22(2)16-13-15(9-5-3-4-6-12-20-24-27-28-25-20)21(17(22)14-16)26-31(29,30)19-11-8-7-10-18(19)23/h3,5,7-8,10-11,15-17,21,26H,4,6,9,12-14H2,1-2H3,(H,24,25,27,28)/t15-,16-,17-,21+/m0/s1. The van der Waals surface area contributed by atoms with E-state index in [9.17, 15) is 8.42 Å². The number of fused-ring (bicyclic) bond motifs is 2. The Balaban J connectivity index is 1.40. The van der Waals surface area contributed by atoms with Gasteiger partial charge in [0.25, 0.3) is 0 Å². The molecule has 0 radical (unpaired) electrons. The molecule has 0 unspecified atom stereocenters. The predicted molar refractivity (Wildman–Crippen MR) is 120 cm³/mol. The Bertz CT molecular complexity index is 1020. The van der Waals surface area contributed by atoms with Gasteiger partial charge in [0, 0.05) is 12.5 Å². The zero-order chi connectivity index (χ0) is 22.1. The molecule has 0 aliphatic heterocycles. The number of nitrogens with one attached hydrogen (secondary N) is 2. The van der Waals surface area contributed by atoms with Crippen LogP contribution < -0.4 is 4.72 Å². The number of halogens is 1. The van der Waals surface area contributed by atoms with Gasteiger partial charge in [0.15, 0.2) is 0 Å². The molecule has 3 aliphatic carbocycles. The number of rotatable bonds is 9. The summed E-state index contributed by atoms with van der Waals surface area (Å²) in [4.78, 5) is 0.159. The second-order valence-electron chi connectivity index (χ2n) is 9.38. The highest BCUT2D eigenvalue weighted by Gasteiger charge is 2.58. The van der Waals surface area contributed by atoms with Gasteiger partial charge in [-0.15, -0.1) is 5.10 Å². The number of nitrogens with zero attached hydrogens (tertiary/aromatic N) is 3. The largest absolute Gasteiger partial charge is 0.243 e. The van der Waals surface area contributed by atoms with E-state index in [1.54, 1.807) is 24.3 Å². The van der Waals surface area contributed by atoms with Crippen molar-refractivity contribution >= 4 is 21.6 Å². The summed E-state index contributed by atoms with van der Waals surface area (Å²) in [5.74, 6) is 2.11. The van der Waals surface area contributed by atoms with Crippen LogP contribution in [-0.4, -0.2) is 35.1 Å². The normalized spacial score (nSPS) is 27.3. The maximum Gasteiger partial charge on any atom is 0.242 e. The Labute approximate surface area is 189 Å². The van der Waals surface area contributed by atoms with Crippen LogP contribution in [0.15, 0.2) is 41.3 Å². The molecule has 1 aromatic carbocycles. The maximum atomic E-state index is 13.1. The number of hydrogen-bond acceptors (Lipinski definition) is 5. The van der Waals surface area contributed by atoms with Crippen molar-refractivity contribution in [3.8, 4) is 0 Å². The van der Waals surface area contributed by atoms with Gasteiger partial charge in [0.1, 0.15) is 10.7 Å². The molecular weight excluding hydrogens is 434 g/mol. The van der Waals surface area contributed by atoms with Crippen molar-refractivity contribution in [3.05, 3.63) is 47.3 Å². The Morgan fingerprint density at radius 2 is 2.06 bits per heavy atom. The summed E-state index contributed by atoms with van der Waals surface area (Å²) < 4.78 is 29.3. The quantitative estimate of drug-likeness (QED) is 0.429. The lowest BCUT2D eigenvalue weighted by atomic mass is 9.45. The van der Waals surface area contributed by atoms with Gasteiger partial charge in [0.2, 0.25) is 10.0 Å². The third-order valence-corrected chi connectivity index (χ3v) is 9.23. The Morgan fingerprint density at radius 3 is 2.77 bits per heavy atom. The third kappa shape index (κ3) is 4.71. The monoisotopic (exact) mass is 463 g/mol. The molecule has 7 nitrogen and oxygen atoms in total. The van der Waals surface area contributed by atoms with Gasteiger partial charge in [-0.3, -0.25) is 0 Å². The summed E-state index contributed by atoms with van der Waals surface area (Å²) in [6.07, 6.45) is 10.1. The van der Waals surface area contributed by atoms with E-state index in [-0.39, 0.29) is 21.4 Å². The lowest BCUT2D eigenvalue weighted by molar-refractivity contribution is -0.108. The number of aromatic nitrogens is 4. The van der Waals surface area contributed by atoms with E-state index < -0.39 is 10.0 Å². The first-order valence-corrected chi connectivity index (χ1v) is 12.8. The summed E-state index contributed by atoms with van der Waals surface area (Å²) in [5, 5.41) is 14.1. The minimum atomic E-state index is -3.67. The van der Waals surface area contributed by atoms with E-state index in [1.165, 1.54) is 0 Å². The third-order valence-electron chi connectivity index (χ3n) is 7.27. The molecule has 9 heteroatoms. The van der Waals surface area contributed by atoms with E-state index in [0.29, 0.717) is 17.8 Å². The number of aryl methyl sites for hydroxylation is 1. The first-order chi connectivity index (χ1) is 14.8. The molecule has 0 saturated heterocycles. The van der Waals surface area contributed by atoms with Crippen LogP contribution in [0, 0.1) is 23.2 Å². The SMILES string of the molecule is CC1(C)[C@H]2C[C@H](CC=CCCCc3nnn[nH]3)[C@@H](NS(=O)(=O)c3ccccc3Cl)[C@@H]1C2. The van der Waals surface area contributed by atoms with Gasteiger partial charge in [0.05, 0.1) is 5.02 Å². The Hall–Kier alpha value is -1.77. The van der Waals surface area contributed by atoms with Crippen LogP contribution in [0.4, 0.5) is 0 Å². The minimum absolute atomic E-state index is 0.0776. The zero-order valence-corrected chi connectivity index (χ0v) is 19.5. The highest BCUT2D eigenvalue weighted by Crippen LogP contribution is 2.61. The van der Waals surface area contributed by atoms with Crippen molar-refractivity contribution in [1.82, 2.24) is 25.3 Å². The molecule has 1 heterocycles. The van der Waals surface area contributed by atoms with Crippen molar-refractivity contribution in [2.45, 2.75) is 63.3 Å². The van der Waals surface area contributed by atoms with E-state index in [1.807, 2.05) is 0 Å². The number of benzene rings is 1. The van der Waals surface area contributed by atoms with Crippen LogP contribution in [0.2, 0.25) is 5.02 Å². The second kappa shape index (κ2) is 9.00. The molecule has 168 valence electrons. The number of H-pyrrole nitrogens is 1. The van der Waals surface area contributed by atoms with Gasteiger partial charge in [-0.25, -0.2) is 18.2 Å². The molecule has 1 aromatic heterocycles. The number of allylic oxidation sites excluding steroid dienone is 2. The van der Waals surface area contributed by atoms with Crippen LogP contribution in [0.25, 0.3) is 0 Å². The lowest BCUT2D eigenvalue weighted by Crippen LogP contribution is -2.63. The van der Waals surface area contributed by atoms with Crippen LogP contribution >= 0.6 is 11.6 Å². The Morgan fingerprint density at radius 1 is 1.26 bits per heavy atom. The molecule has 3 saturated carbocycles. The molecule has 4 atom stereocenters. The van der Waals surface area contributed by atoms with Crippen LogP contribution in [-0.2, 0) is 16.4 Å². The average Bonchev–Trinajstić information content (AvgIpc) is 3.24. The number of sulfonamides is 1. The molecule has 3 aliphatic rings. The van der Waals surface area contributed by atoms with E-state index in [0.717, 1.165) is 44.3 Å².